The van der Waals surface area contributed by atoms with E-state index in [0.29, 0.717) is 30.4 Å². The Labute approximate surface area is 201 Å². The van der Waals surface area contributed by atoms with Crippen LogP contribution in [0, 0.1) is 0 Å². The van der Waals surface area contributed by atoms with Gasteiger partial charge in [0.05, 0.1) is 11.4 Å². The summed E-state index contributed by atoms with van der Waals surface area (Å²) in [6.45, 7) is 4.56. The number of nitrogens with zero attached hydrogens (tertiary/aromatic N) is 2. The topological polar surface area (TPSA) is 90.9 Å². The first kappa shape index (κ1) is 25.1. The first-order valence-corrected chi connectivity index (χ1v) is 12.0. The minimum atomic E-state index is -3.19. The number of carbonyl (C=O) groups excluding carboxylic acids is 1. The second kappa shape index (κ2) is 11.5. The minimum Gasteiger partial charge on any atom is -0.357 e. The van der Waals surface area contributed by atoms with Crippen LogP contribution in [0.1, 0.15) is 30.9 Å². The van der Waals surface area contributed by atoms with Crippen LogP contribution >= 0.6 is 24.0 Å². The summed E-state index contributed by atoms with van der Waals surface area (Å²) in [7, 11) is -3.19. The predicted octanol–water partition coefficient (Wildman–Crippen LogP) is 3.09. The van der Waals surface area contributed by atoms with Gasteiger partial charge in [0.15, 0.2) is 15.8 Å². The van der Waals surface area contributed by atoms with Gasteiger partial charge in [0.25, 0.3) is 0 Å². The molecule has 2 N–H and O–H groups in total. The average Bonchev–Trinajstić information content (AvgIpc) is 3.16. The third kappa shape index (κ3) is 7.20. The molecule has 1 aliphatic heterocycles. The van der Waals surface area contributed by atoms with Crippen molar-refractivity contribution in [3.63, 3.8) is 0 Å². The molecular weight excluding hydrogens is 527 g/mol. The highest BCUT2D eigenvalue weighted by atomic mass is 127. The van der Waals surface area contributed by atoms with Crippen LogP contribution in [0.3, 0.4) is 0 Å². The van der Waals surface area contributed by atoms with E-state index in [4.69, 9.17) is 0 Å². The maximum absolute atomic E-state index is 11.9. The summed E-state index contributed by atoms with van der Waals surface area (Å²) in [4.78, 5) is 18.6. The molecule has 1 heterocycles. The summed E-state index contributed by atoms with van der Waals surface area (Å²) in [6, 6.07) is 14.8. The molecule has 0 atom stereocenters. The Morgan fingerprint density at radius 1 is 1.03 bits per heavy atom. The highest BCUT2D eigenvalue weighted by molar-refractivity contribution is 14.0. The van der Waals surface area contributed by atoms with E-state index in [2.05, 4.69) is 15.6 Å². The summed E-state index contributed by atoms with van der Waals surface area (Å²) in [6.07, 6.45) is 2.74. The van der Waals surface area contributed by atoms with Crippen molar-refractivity contribution in [3.8, 4) is 0 Å². The summed E-state index contributed by atoms with van der Waals surface area (Å²) >= 11 is 0. The summed E-state index contributed by atoms with van der Waals surface area (Å²) < 4.78 is 23.1. The van der Waals surface area contributed by atoms with Crippen molar-refractivity contribution in [1.82, 2.24) is 10.6 Å². The average molecular weight is 556 g/mol. The zero-order chi connectivity index (χ0) is 21.6. The Hall–Kier alpha value is -2.14. The summed E-state index contributed by atoms with van der Waals surface area (Å²) in [5, 5.41) is 6.47. The molecule has 1 amide bonds. The Morgan fingerprint density at radius 3 is 2.23 bits per heavy atom. The number of hydrogen-bond donors (Lipinski definition) is 2. The van der Waals surface area contributed by atoms with E-state index in [1.54, 1.807) is 24.3 Å². The monoisotopic (exact) mass is 556 g/mol. The quantitative estimate of drug-likeness (QED) is 0.311. The van der Waals surface area contributed by atoms with E-state index in [1.807, 2.05) is 36.1 Å². The van der Waals surface area contributed by atoms with Gasteiger partial charge in [0, 0.05) is 38.0 Å². The molecule has 0 unspecified atom stereocenters. The third-order valence-electron chi connectivity index (χ3n) is 4.90. The van der Waals surface area contributed by atoms with Gasteiger partial charge in [-0.2, -0.15) is 0 Å². The molecule has 2 aromatic carbocycles. The molecule has 0 aliphatic carbocycles. The standard InChI is InChI=1S/C22H28N4O3S.HI/c1-3-23-22(25-16-18-8-12-20(13-9-18)30(2,28)29)24-15-17-6-10-19(11-7-17)26-14-4-5-21(26)27;/h6-13H,3-5,14-16H2,1-2H3,(H2,23,24,25);1H. The van der Waals surface area contributed by atoms with Crippen molar-refractivity contribution in [3.05, 3.63) is 59.7 Å². The van der Waals surface area contributed by atoms with Crippen molar-refractivity contribution >= 4 is 51.4 Å². The van der Waals surface area contributed by atoms with E-state index in [0.717, 1.165) is 36.3 Å². The largest absolute Gasteiger partial charge is 0.357 e. The maximum atomic E-state index is 11.9. The number of amides is 1. The third-order valence-corrected chi connectivity index (χ3v) is 6.03. The molecule has 1 fully saturated rings. The first-order valence-electron chi connectivity index (χ1n) is 10.1. The normalized spacial score (nSPS) is 14.3. The molecule has 31 heavy (non-hydrogen) atoms. The lowest BCUT2D eigenvalue weighted by atomic mass is 10.2. The number of rotatable bonds is 7. The fourth-order valence-electron chi connectivity index (χ4n) is 3.25. The Morgan fingerprint density at radius 2 is 1.68 bits per heavy atom. The van der Waals surface area contributed by atoms with Crippen LogP contribution in [0.4, 0.5) is 5.69 Å². The number of sulfone groups is 1. The zero-order valence-electron chi connectivity index (χ0n) is 17.8. The van der Waals surface area contributed by atoms with Gasteiger partial charge in [0.1, 0.15) is 0 Å². The molecule has 0 radical (unpaired) electrons. The summed E-state index contributed by atoms with van der Waals surface area (Å²) in [5.41, 5.74) is 2.96. The van der Waals surface area contributed by atoms with Gasteiger partial charge < -0.3 is 15.5 Å². The molecule has 0 bridgehead atoms. The Kier molecular flexibility index (Phi) is 9.30. The van der Waals surface area contributed by atoms with Gasteiger partial charge in [-0.05, 0) is 48.7 Å². The van der Waals surface area contributed by atoms with Crippen molar-refractivity contribution in [2.24, 2.45) is 4.99 Å². The van der Waals surface area contributed by atoms with Crippen molar-refractivity contribution in [1.29, 1.82) is 0 Å². The number of nitrogens with one attached hydrogen (secondary N) is 2. The van der Waals surface area contributed by atoms with E-state index >= 15 is 0 Å². The lowest BCUT2D eigenvalue weighted by Crippen LogP contribution is -2.36. The van der Waals surface area contributed by atoms with Crippen LogP contribution in [-0.4, -0.2) is 39.6 Å². The van der Waals surface area contributed by atoms with Gasteiger partial charge in [-0.3, -0.25) is 4.79 Å². The molecular formula is C22H29IN4O3S. The van der Waals surface area contributed by atoms with Crippen molar-refractivity contribution < 1.29 is 13.2 Å². The fourth-order valence-corrected chi connectivity index (χ4v) is 3.89. The highest BCUT2D eigenvalue weighted by Crippen LogP contribution is 2.21. The molecule has 3 rings (SSSR count). The Balaban J connectivity index is 0.00000341. The van der Waals surface area contributed by atoms with Crippen LogP contribution in [-0.2, 0) is 27.7 Å². The molecule has 168 valence electrons. The number of carbonyl (C=O) groups is 1. The smallest absolute Gasteiger partial charge is 0.227 e. The Bertz CT molecular complexity index is 1010. The highest BCUT2D eigenvalue weighted by Gasteiger charge is 2.21. The number of guanidine groups is 1. The number of halogens is 1. The van der Waals surface area contributed by atoms with E-state index in [-0.39, 0.29) is 29.9 Å². The van der Waals surface area contributed by atoms with E-state index in [1.165, 1.54) is 6.26 Å². The maximum Gasteiger partial charge on any atom is 0.227 e. The van der Waals surface area contributed by atoms with Gasteiger partial charge >= 0.3 is 0 Å². The van der Waals surface area contributed by atoms with E-state index < -0.39 is 9.84 Å². The van der Waals surface area contributed by atoms with Crippen molar-refractivity contribution in [2.75, 3.05) is 24.2 Å². The van der Waals surface area contributed by atoms with Crippen LogP contribution < -0.4 is 15.5 Å². The molecule has 1 saturated heterocycles. The number of anilines is 1. The van der Waals surface area contributed by atoms with Gasteiger partial charge in [0.2, 0.25) is 5.91 Å². The number of aliphatic imine (C=N–C) groups is 1. The molecule has 7 nitrogen and oxygen atoms in total. The SMILES string of the molecule is CCNC(=NCc1ccc(N2CCCC2=O)cc1)NCc1ccc(S(C)(=O)=O)cc1.I. The molecule has 0 saturated carbocycles. The van der Waals surface area contributed by atoms with Gasteiger partial charge in [-0.25, -0.2) is 13.4 Å². The lowest BCUT2D eigenvalue weighted by Gasteiger charge is -2.16. The molecule has 0 aromatic heterocycles. The predicted molar refractivity (Wildman–Crippen MR) is 135 cm³/mol. The summed E-state index contributed by atoms with van der Waals surface area (Å²) in [5.74, 6) is 0.868. The van der Waals surface area contributed by atoms with Gasteiger partial charge in [-0.15, -0.1) is 24.0 Å². The second-order valence-corrected chi connectivity index (χ2v) is 9.30. The van der Waals surface area contributed by atoms with Crippen LogP contribution in [0.5, 0.6) is 0 Å². The molecule has 9 heteroatoms. The lowest BCUT2D eigenvalue weighted by molar-refractivity contribution is -0.117. The minimum absolute atomic E-state index is 0. The van der Waals surface area contributed by atoms with Crippen molar-refractivity contribution in [2.45, 2.75) is 37.8 Å². The first-order chi connectivity index (χ1) is 14.4. The molecule has 1 aliphatic rings. The molecule has 2 aromatic rings. The number of benzene rings is 2. The second-order valence-electron chi connectivity index (χ2n) is 7.28. The zero-order valence-corrected chi connectivity index (χ0v) is 20.9. The van der Waals surface area contributed by atoms with Crippen LogP contribution in [0.25, 0.3) is 0 Å². The number of hydrogen-bond acceptors (Lipinski definition) is 4. The van der Waals surface area contributed by atoms with E-state index in [9.17, 15) is 13.2 Å². The molecule has 0 spiro atoms. The van der Waals surface area contributed by atoms with Gasteiger partial charge in [-0.1, -0.05) is 24.3 Å². The van der Waals surface area contributed by atoms with Crippen LogP contribution in [0.2, 0.25) is 0 Å². The fraction of sp³-hybridized carbons (Fsp3) is 0.364. The van der Waals surface area contributed by atoms with Crippen LogP contribution in [0.15, 0.2) is 58.4 Å².